The number of benzene rings is 4. The Morgan fingerprint density at radius 2 is 1.61 bits per heavy atom. The number of phenols is 1. The van der Waals surface area contributed by atoms with Gasteiger partial charge in [-0.05, 0) is 81.9 Å². The van der Waals surface area contributed by atoms with E-state index >= 15 is 0 Å². The van der Waals surface area contributed by atoms with E-state index in [1.807, 2.05) is 72.8 Å². The molecule has 0 aliphatic rings. The highest BCUT2D eigenvalue weighted by Crippen LogP contribution is 2.23. The summed E-state index contributed by atoms with van der Waals surface area (Å²) in [5, 5.41) is 12.8. The molecule has 0 amide bonds. The number of nitrogens with zero attached hydrogens (tertiary/aromatic N) is 2. The van der Waals surface area contributed by atoms with Crippen LogP contribution in [0.3, 0.4) is 0 Å². The fourth-order valence-electron chi connectivity index (χ4n) is 3.64. The molecule has 0 bridgehead atoms. The second-order valence-corrected chi connectivity index (χ2v) is 8.44. The van der Waals surface area contributed by atoms with Crippen LogP contribution >= 0.6 is 22.6 Å². The minimum Gasteiger partial charge on any atom is -0.507 e. The van der Waals surface area contributed by atoms with Crippen LogP contribution in [0.1, 0.15) is 11.4 Å². The quantitative estimate of drug-likeness (QED) is 0.299. The normalized spacial score (nSPS) is 11.5. The molecule has 0 atom stereocenters. The molecule has 4 nitrogen and oxygen atoms in total. The molecule has 5 rings (SSSR count). The number of aromatic hydroxyl groups is 1. The number of hydrogen-bond acceptors (Lipinski definition) is 3. The van der Waals surface area contributed by atoms with E-state index in [0.29, 0.717) is 22.3 Å². The Kier molecular flexibility index (Phi) is 5.03. The first-order valence-corrected chi connectivity index (χ1v) is 10.9. The molecule has 0 saturated carbocycles. The van der Waals surface area contributed by atoms with Crippen LogP contribution in [-0.4, -0.2) is 14.7 Å². The molecule has 150 valence electrons. The molecule has 0 spiro atoms. The third-order valence-corrected chi connectivity index (χ3v) is 5.87. The maximum atomic E-state index is 13.6. The molecule has 0 aliphatic heterocycles. The summed E-state index contributed by atoms with van der Waals surface area (Å²) in [6.45, 7) is 0. The molecule has 1 heterocycles. The van der Waals surface area contributed by atoms with Gasteiger partial charge in [0.1, 0.15) is 11.6 Å². The zero-order chi connectivity index (χ0) is 21.4. The van der Waals surface area contributed by atoms with Crippen molar-refractivity contribution >= 4 is 56.4 Å². The summed E-state index contributed by atoms with van der Waals surface area (Å²) in [7, 11) is 0. The minimum absolute atomic E-state index is 0.129. The van der Waals surface area contributed by atoms with Crippen LogP contribution < -0.4 is 5.56 Å². The smallest absolute Gasteiger partial charge is 0.266 e. The van der Waals surface area contributed by atoms with E-state index in [4.69, 9.17) is 4.98 Å². The first kappa shape index (κ1) is 19.5. The number of phenolic OH excluding ortho intramolecular Hbond substituents is 1. The van der Waals surface area contributed by atoms with Gasteiger partial charge in [0.2, 0.25) is 0 Å². The fourth-order valence-corrected chi connectivity index (χ4v) is 4.14. The van der Waals surface area contributed by atoms with Crippen molar-refractivity contribution in [3.05, 3.63) is 110 Å². The number of aromatic nitrogens is 2. The fraction of sp³-hybridized carbons (Fsp3) is 0. The Morgan fingerprint density at radius 3 is 2.45 bits per heavy atom. The zero-order valence-electron chi connectivity index (χ0n) is 16.4. The number of hydrogen-bond donors (Lipinski definition) is 1. The third kappa shape index (κ3) is 3.72. The molecule has 5 heteroatoms. The topological polar surface area (TPSA) is 55.1 Å². The van der Waals surface area contributed by atoms with Crippen molar-refractivity contribution in [1.82, 2.24) is 9.55 Å². The lowest BCUT2D eigenvalue weighted by Gasteiger charge is -2.13. The second kappa shape index (κ2) is 8.00. The summed E-state index contributed by atoms with van der Waals surface area (Å²) < 4.78 is 2.60. The maximum Gasteiger partial charge on any atom is 0.266 e. The summed E-state index contributed by atoms with van der Waals surface area (Å²) in [5.74, 6) is 0.672. The van der Waals surface area contributed by atoms with E-state index in [1.165, 1.54) is 0 Å². The van der Waals surface area contributed by atoms with Crippen molar-refractivity contribution in [2.45, 2.75) is 0 Å². The number of rotatable bonds is 3. The van der Waals surface area contributed by atoms with Crippen molar-refractivity contribution < 1.29 is 5.11 Å². The number of fused-ring (bicyclic) bond motifs is 2. The van der Waals surface area contributed by atoms with Gasteiger partial charge in [-0.2, -0.15) is 0 Å². The predicted octanol–water partition coefficient (Wildman–Crippen LogP) is 6.02. The molecule has 31 heavy (non-hydrogen) atoms. The standard InChI is InChI=1S/C26H17IN2O2/c27-20-11-13-23-22(16-20)26(31)29(21-12-9-17-5-1-2-7-19(17)15-21)25(28-23)14-10-18-6-3-4-8-24(18)30/h1-16,30H. The van der Waals surface area contributed by atoms with Gasteiger partial charge in [-0.3, -0.25) is 9.36 Å². The largest absolute Gasteiger partial charge is 0.507 e. The first-order valence-electron chi connectivity index (χ1n) is 9.78. The number of para-hydroxylation sites is 1. The van der Waals surface area contributed by atoms with Crippen molar-refractivity contribution in [3.8, 4) is 11.4 Å². The Bertz CT molecular complexity index is 1540. The molecule has 0 saturated heterocycles. The molecule has 0 radical (unpaired) electrons. The zero-order valence-corrected chi connectivity index (χ0v) is 18.5. The van der Waals surface area contributed by atoms with Crippen LogP contribution in [0, 0.1) is 3.57 Å². The van der Waals surface area contributed by atoms with Gasteiger partial charge in [-0.15, -0.1) is 0 Å². The summed E-state index contributed by atoms with van der Waals surface area (Å²) in [6, 6.07) is 26.7. The Balaban J connectivity index is 1.77. The molecule has 0 aliphatic carbocycles. The van der Waals surface area contributed by atoms with Gasteiger partial charge in [-0.1, -0.05) is 48.5 Å². The Hall–Kier alpha value is -3.45. The lowest BCUT2D eigenvalue weighted by molar-refractivity contribution is 0.474. The van der Waals surface area contributed by atoms with Gasteiger partial charge >= 0.3 is 0 Å². The SMILES string of the molecule is O=c1c2cc(I)ccc2nc(C=Cc2ccccc2O)n1-c1ccc2ccccc2c1. The molecular weight excluding hydrogens is 499 g/mol. The van der Waals surface area contributed by atoms with Crippen LogP contribution in [0.15, 0.2) is 89.7 Å². The van der Waals surface area contributed by atoms with Crippen LogP contribution in [-0.2, 0) is 0 Å². The van der Waals surface area contributed by atoms with E-state index in [-0.39, 0.29) is 11.3 Å². The number of halogens is 1. The van der Waals surface area contributed by atoms with E-state index < -0.39 is 0 Å². The van der Waals surface area contributed by atoms with Gasteiger partial charge in [0.15, 0.2) is 0 Å². The maximum absolute atomic E-state index is 13.6. The van der Waals surface area contributed by atoms with E-state index in [0.717, 1.165) is 20.0 Å². The lowest BCUT2D eigenvalue weighted by Crippen LogP contribution is -2.22. The van der Waals surface area contributed by atoms with Crippen molar-refractivity contribution in [3.63, 3.8) is 0 Å². The predicted molar refractivity (Wildman–Crippen MR) is 135 cm³/mol. The molecule has 1 aromatic heterocycles. The van der Waals surface area contributed by atoms with Gasteiger partial charge in [0, 0.05) is 9.13 Å². The minimum atomic E-state index is -0.129. The lowest BCUT2D eigenvalue weighted by atomic mass is 10.1. The highest BCUT2D eigenvalue weighted by atomic mass is 127. The van der Waals surface area contributed by atoms with Crippen LogP contribution in [0.5, 0.6) is 5.75 Å². The van der Waals surface area contributed by atoms with E-state index in [1.54, 1.807) is 28.9 Å². The second-order valence-electron chi connectivity index (χ2n) is 7.20. The van der Waals surface area contributed by atoms with E-state index in [9.17, 15) is 9.90 Å². The molecule has 4 aromatic carbocycles. The molecule has 5 aromatic rings. The van der Waals surface area contributed by atoms with E-state index in [2.05, 4.69) is 22.6 Å². The van der Waals surface area contributed by atoms with Gasteiger partial charge in [-0.25, -0.2) is 4.98 Å². The van der Waals surface area contributed by atoms with Crippen LogP contribution in [0.25, 0.3) is 39.5 Å². The first-order chi connectivity index (χ1) is 15.1. The van der Waals surface area contributed by atoms with Gasteiger partial charge in [0.05, 0.1) is 16.6 Å². The van der Waals surface area contributed by atoms with Crippen molar-refractivity contribution in [1.29, 1.82) is 0 Å². The van der Waals surface area contributed by atoms with Crippen LogP contribution in [0.2, 0.25) is 0 Å². The van der Waals surface area contributed by atoms with Crippen LogP contribution in [0.4, 0.5) is 0 Å². The van der Waals surface area contributed by atoms with Crippen molar-refractivity contribution in [2.75, 3.05) is 0 Å². The molecular formula is C26H17IN2O2. The Labute approximate surface area is 192 Å². The van der Waals surface area contributed by atoms with Gasteiger partial charge in [0.25, 0.3) is 5.56 Å². The van der Waals surface area contributed by atoms with Gasteiger partial charge < -0.3 is 5.11 Å². The third-order valence-electron chi connectivity index (χ3n) is 5.20. The summed E-state index contributed by atoms with van der Waals surface area (Å²) in [4.78, 5) is 18.3. The highest BCUT2D eigenvalue weighted by Gasteiger charge is 2.12. The molecule has 0 unspecified atom stereocenters. The summed E-state index contributed by atoms with van der Waals surface area (Å²) in [5.41, 5.74) is 1.91. The monoisotopic (exact) mass is 516 g/mol. The Morgan fingerprint density at radius 1 is 0.839 bits per heavy atom. The average Bonchev–Trinajstić information content (AvgIpc) is 2.79. The summed E-state index contributed by atoms with van der Waals surface area (Å²) in [6.07, 6.45) is 3.54. The molecule has 0 fully saturated rings. The average molecular weight is 516 g/mol. The highest BCUT2D eigenvalue weighted by molar-refractivity contribution is 14.1. The molecule has 1 N–H and O–H groups in total. The van der Waals surface area contributed by atoms with Crippen molar-refractivity contribution in [2.24, 2.45) is 0 Å². The summed E-state index contributed by atoms with van der Waals surface area (Å²) >= 11 is 2.20.